The molecule has 0 spiro atoms. The fourth-order valence-electron chi connectivity index (χ4n) is 4.03. The fraction of sp³-hybridized carbons (Fsp3) is 0.280. The van der Waals surface area contributed by atoms with E-state index in [0.717, 1.165) is 53.8 Å². The number of nitrogen functional groups attached to an aromatic ring is 1. The molecule has 4 rings (SSSR count). The summed E-state index contributed by atoms with van der Waals surface area (Å²) in [6.07, 6.45) is 6.51. The summed E-state index contributed by atoms with van der Waals surface area (Å²) in [7, 11) is 0. The first kappa shape index (κ1) is 19.0. The molecule has 0 amide bonds. The molecule has 1 aliphatic carbocycles. The Labute approximate surface area is 172 Å². The van der Waals surface area contributed by atoms with Crippen molar-refractivity contribution >= 4 is 5.82 Å². The summed E-state index contributed by atoms with van der Waals surface area (Å²) >= 11 is 0. The lowest BCUT2D eigenvalue weighted by Gasteiger charge is -2.20. The standard InChI is InChI=1S/C25H25N3O/c26-16-22-24(21-13-6-1-2-7-14-23(21)28-25(22)27)19-11-8-12-20(15-19)29-17-18-9-4-3-5-10-18/h3-5,8-12,15H,1-2,6-7,13-14,17H2,(H2,27,28). The molecule has 0 saturated heterocycles. The van der Waals surface area contributed by atoms with Crippen LogP contribution in [-0.2, 0) is 19.4 Å². The maximum absolute atomic E-state index is 9.81. The van der Waals surface area contributed by atoms with E-state index in [1.54, 1.807) is 0 Å². The molecule has 0 aliphatic heterocycles. The Bertz CT molecular complexity index is 1040. The van der Waals surface area contributed by atoms with Crippen LogP contribution < -0.4 is 10.5 Å². The first-order chi connectivity index (χ1) is 14.3. The Balaban J connectivity index is 1.73. The minimum Gasteiger partial charge on any atom is -0.489 e. The zero-order valence-corrected chi connectivity index (χ0v) is 16.5. The number of nitrogens with zero attached hydrogens (tertiary/aromatic N) is 2. The van der Waals surface area contributed by atoms with Gasteiger partial charge in [-0.3, -0.25) is 0 Å². The average Bonchev–Trinajstić information content (AvgIpc) is 2.74. The van der Waals surface area contributed by atoms with Gasteiger partial charge in [-0.25, -0.2) is 4.98 Å². The minimum absolute atomic E-state index is 0.331. The van der Waals surface area contributed by atoms with E-state index in [9.17, 15) is 5.26 Å². The predicted octanol–water partition coefficient (Wildman–Crippen LogP) is 5.44. The number of pyridine rings is 1. The largest absolute Gasteiger partial charge is 0.489 e. The lowest BCUT2D eigenvalue weighted by Crippen LogP contribution is -2.10. The molecule has 146 valence electrons. The van der Waals surface area contributed by atoms with E-state index in [0.29, 0.717) is 18.0 Å². The van der Waals surface area contributed by atoms with Gasteiger partial charge in [-0.1, -0.05) is 55.3 Å². The smallest absolute Gasteiger partial charge is 0.142 e. The van der Waals surface area contributed by atoms with Crippen LogP contribution in [0.15, 0.2) is 54.6 Å². The van der Waals surface area contributed by atoms with Crippen molar-refractivity contribution in [3.8, 4) is 22.9 Å². The van der Waals surface area contributed by atoms with Crippen molar-refractivity contribution in [3.63, 3.8) is 0 Å². The number of aromatic nitrogens is 1. The number of benzene rings is 2. The Morgan fingerprint density at radius 3 is 2.55 bits per heavy atom. The molecular formula is C25H25N3O. The number of hydrogen-bond donors (Lipinski definition) is 1. The second kappa shape index (κ2) is 8.79. The van der Waals surface area contributed by atoms with Crippen LogP contribution in [0, 0.1) is 11.3 Å². The molecule has 4 heteroatoms. The number of aryl methyl sites for hydroxylation is 1. The molecule has 0 bridgehead atoms. The van der Waals surface area contributed by atoms with Crippen LogP contribution in [0.1, 0.15) is 48.1 Å². The van der Waals surface area contributed by atoms with E-state index in [1.165, 1.54) is 18.4 Å². The number of fused-ring (bicyclic) bond motifs is 1. The highest BCUT2D eigenvalue weighted by atomic mass is 16.5. The van der Waals surface area contributed by atoms with E-state index in [4.69, 9.17) is 10.5 Å². The maximum Gasteiger partial charge on any atom is 0.142 e. The van der Waals surface area contributed by atoms with E-state index in [-0.39, 0.29) is 0 Å². The van der Waals surface area contributed by atoms with Crippen molar-refractivity contribution in [2.24, 2.45) is 0 Å². The Morgan fingerprint density at radius 1 is 0.966 bits per heavy atom. The van der Waals surface area contributed by atoms with Crippen LogP contribution in [0.25, 0.3) is 11.1 Å². The monoisotopic (exact) mass is 383 g/mol. The van der Waals surface area contributed by atoms with Gasteiger partial charge in [-0.05, 0) is 54.5 Å². The van der Waals surface area contributed by atoms with Gasteiger partial charge >= 0.3 is 0 Å². The summed E-state index contributed by atoms with van der Waals surface area (Å²) in [6, 6.07) is 20.4. The molecule has 4 nitrogen and oxygen atoms in total. The van der Waals surface area contributed by atoms with Crippen LogP contribution >= 0.6 is 0 Å². The molecule has 3 aromatic rings. The van der Waals surface area contributed by atoms with Gasteiger partial charge in [0, 0.05) is 11.3 Å². The van der Waals surface area contributed by atoms with Crippen molar-refractivity contribution < 1.29 is 4.74 Å². The lowest BCUT2D eigenvalue weighted by molar-refractivity contribution is 0.306. The molecule has 1 aliphatic rings. The van der Waals surface area contributed by atoms with Crippen molar-refractivity contribution in [1.29, 1.82) is 5.26 Å². The Kier molecular flexibility index (Phi) is 5.76. The summed E-state index contributed by atoms with van der Waals surface area (Å²) < 4.78 is 6.02. The first-order valence-corrected chi connectivity index (χ1v) is 10.2. The zero-order chi connectivity index (χ0) is 20.1. The molecule has 1 aromatic heterocycles. The van der Waals surface area contributed by atoms with Crippen LogP contribution in [0.2, 0.25) is 0 Å². The lowest BCUT2D eigenvalue weighted by atomic mass is 9.88. The zero-order valence-electron chi connectivity index (χ0n) is 16.5. The SMILES string of the molecule is N#Cc1c(N)nc2c(c1-c1cccc(OCc3ccccc3)c1)CCCCCC2. The second-order valence-electron chi connectivity index (χ2n) is 7.50. The molecule has 0 unspecified atom stereocenters. The highest BCUT2D eigenvalue weighted by Gasteiger charge is 2.21. The number of anilines is 1. The molecule has 2 N–H and O–H groups in total. The number of nitriles is 1. The summed E-state index contributed by atoms with van der Waals surface area (Å²) in [5, 5.41) is 9.81. The highest BCUT2D eigenvalue weighted by molar-refractivity contribution is 5.79. The van der Waals surface area contributed by atoms with Gasteiger partial charge in [-0.2, -0.15) is 5.26 Å². The van der Waals surface area contributed by atoms with Crippen molar-refractivity contribution in [3.05, 3.63) is 77.0 Å². The third-order valence-electron chi connectivity index (χ3n) is 5.48. The molecule has 1 heterocycles. The van der Waals surface area contributed by atoms with E-state index in [1.807, 2.05) is 54.6 Å². The maximum atomic E-state index is 9.81. The normalized spacial score (nSPS) is 13.6. The van der Waals surface area contributed by atoms with Crippen LogP contribution in [0.3, 0.4) is 0 Å². The fourth-order valence-corrected chi connectivity index (χ4v) is 4.03. The topological polar surface area (TPSA) is 71.9 Å². The number of hydrogen-bond acceptors (Lipinski definition) is 4. The highest BCUT2D eigenvalue weighted by Crippen LogP contribution is 2.36. The number of rotatable bonds is 4. The number of ether oxygens (including phenoxy) is 1. The van der Waals surface area contributed by atoms with Gasteiger partial charge in [0.25, 0.3) is 0 Å². The van der Waals surface area contributed by atoms with Crippen molar-refractivity contribution in [2.45, 2.75) is 45.1 Å². The molecule has 0 radical (unpaired) electrons. The van der Waals surface area contributed by atoms with Gasteiger partial charge < -0.3 is 10.5 Å². The summed E-state index contributed by atoms with van der Waals surface area (Å²) in [4.78, 5) is 4.59. The quantitative estimate of drug-likeness (QED) is 0.651. The van der Waals surface area contributed by atoms with Gasteiger partial charge in [0.05, 0.1) is 0 Å². The molecule has 0 fully saturated rings. The average molecular weight is 383 g/mol. The van der Waals surface area contributed by atoms with Gasteiger partial charge in [0.15, 0.2) is 0 Å². The Hall–Kier alpha value is -3.32. The van der Waals surface area contributed by atoms with Gasteiger partial charge in [0.2, 0.25) is 0 Å². The molecule has 0 atom stereocenters. The van der Waals surface area contributed by atoms with E-state index >= 15 is 0 Å². The van der Waals surface area contributed by atoms with E-state index in [2.05, 4.69) is 11.1 Å². The second-order valence-corrected chi connectivity index (χ2v) is 7.50. The molecular weight excluding hydrogens is 358 g/mol. The van der Waals surface area contributed by atoms with E-state index < -0.39 is 0 Å². The third kappa shape index (κ3) is 4.25. The van der Waals surface area contributed by atoms with Crippen molar-refractivity contribution in [1.82, 2.24) is 4.98 Å². The minimum atomic E-state index is 0.331. The summed E-state index contributed by atoms with van der Waals surface area (Å²) in [5.41, 5.74) is 11.9. The molecule has 2 aromatic carbocycles. The third-order valence-corrected chi connectivity index (χ3v) is 5.48. The summed E-state index contributed by atoms with van der Waals surface area (Å²) in [6.45, 7) is 0.506. The van der Waals surface area contributed by atoms with Crippen molar-refractivity contribution in [2.75, 3.05) is 5.73 Å². The van der Waals surface area contributed by atoms with Crippen LogP contribution in [0.5, 0.6) is 5.75 Å². The van der Waals surface area contributed by atoms with Gasteiger partial charge in [-0.15, -0.1) is 0 Å². The molecule has 0 saturated carbocycles. The first-order valence-electron chi connectivity index (χ1n) is 10.2. The van der Waals surface area contributed by atoms with Gasteiger partial charge in [0.1, 0.15) is 29.8 Å². The Morgan fingerprint density at radius 2 is 1.76 bits per heavy atom. The van der Waals surface area contributed by atoms with Crippen LogP contribution in [0.4, 0.5) is 5.82 Å². The number of nitrogens with two attached hydrogens (primary N) is 1. The summed E-state index contributed by atoms with van der Waals surface area (Å²) in [5.74, 6) is 1.11. The van der Waals surface area contributed by atoms with Crippen LogP contribution in [-0.4, -0.2) is 4.98 Å². The predicted molar refractivity (Wildman–Crippen MR) is 115 cm³/mol. The molecule has 29 heavy (non-hydrogen) atoms.